The topological polar surface area (TPSA) is 86.9 Å². The summed E-state index contributed by atoms with van der Waals surface area (Å²) in [5.41, 5.74) is -0.751. The van der Waals surface area contributed by atoms with E-state index in [-0.39, 0.29) is 12.1 Å². The van der Waals surface area contributed by atoms with Crippen molar-refractivity contribution in [2.75, 3.05) is 5.32 Å². The third-order valence-corrected chi connectivity index (χ3v) is 4.69. The minimum absolute atomic E-state index is 0.234. The summed E-state index contributed by atoms with van der Waals surface area (Å²) in [4.78, 5) is 29.9. The van der Waals surface area contributed by atoms with Crippen molar-refractivity contribution in [2.24, 2.45) is 0 Å². The van der Waals surface area contributed by atoms with Gasteiger partial charge in [-0.25, -0.2) is 19.0 Å². The second-order valence-electron chi connectivity index (χ2n) is 6.39. The number of nitrogens with one attached hydrogen (secondary N) is 3. The third-order valence-electron chi connectivity index (χ3n) is 4.38. The van der Waals surface area contributed by atoms with Gasteiger partial charge in [0.15, 0.2) is 0 Å². The first-order valence-electron chi connectivity index (χ1n) is 8.34. The van der Waals surface area contributed by atoms with E-state index in [1.807, 2.05) is 0 Å². The summed E-state index contributed by atoms with van der Waals surface area (Å²) in [5, 5.41) is 4.08. The molecule has 0 bridgehead atoms. The number of halogens is 5. The summed E-state index contributed by atoms with van der Waals surface area (Å²) in [6.45, 7) is 0. The Labute approximate surface area is 161 Å². The number of urea groups is 1. The summed E-state index contributed by atoms with van der Waals surface area (Å²) in [7, 11) is 0. The molecular weight excluding hydrogens is 404 g/mol. The molecule has 0 spiro atoms. The van der Waals surface area contributed by atoms with Crippen molar-refractivity contribution >= 4 is 23.3 Å². The van der Waals surface area contributed by atoms with Crippen molar-refractivity contribution < 1.29 is 22.4 Å². The van der Waals surface area contributed by atoms with Crippen LogP contribution in [-0.4, -0.2) is 22.0 Å². The maximum absolute atomic E-state index is 14.0. The molecule has 2 amide bonds. The fraction of sp³-hybridized carbons (Fsp3) is 0.353. The molecule has 2 aromatic rings. The van der Waals surface area contributed by atoms with Gasteiger partial charge in [-0.3, -0.25) is 0 Å². The van der Waals surface area contributed by atoms with Gasteiger partial charge in [-0.05, 0) is 37.0 Å². The Morgan fingerprint density at radius 2 is 2.07 bits per heavy atom. The number of aromatic amines is 1. The minimum atomic E-state index is -4.81. The Morgan fingerprint density at radius 1 is 1.32 bits per heavy atom. The van der Waals surface area contributed by atoms with Crippen molar-refractivity contribution in [3.63, 3.8) is 0 Å². The number of aryl methyl sites for hydroxylation is 1. The average Bonchev–Trinajstić information content (AvgIpc) is 2.77. The minimum Gasteiger partial charge on any atom is -0.335 e. The van der Waals surface area contributed by atoms with Crippen LogP contribution in [0.3, 0.4) is 0 Å². The molecule has 0 saturated heterocycles. The number of fused-ring (bicyclic) bond motifs is 1. The molecule has 3 rings (SSSR count). The number of alkyl halides is 3. The van der Waals surface area contributed by atoms with Gasteiger partial charge in [0.05, 0.1) is 16.3 Å². The van der Waals surface area contributed by atoms with Crippen molar-refractivity contribution in [1.29, 1.82) is 0 Å². The molecular formula is C17H15ClF4N4O2. The van der Waals surface area contributed by atoms with E-state index in [2.05, 4.69) is 20.6 Å². The number of hydrogen-bond donors (Lipinski definition) is 3. The highest BCUT2D eigenvalue weighted by atomic mass is 35.5. The Bertz CT molecular complexity index is 961. The number of aromatic nitrogens is 2. The number of nitrogens with zero attached hydrogens (tertiary/aromatic N) is 1. The number of hydrogen-bond acceptors (Lipinski definition) is 3. The molecule has 11 heteroatoms. The molecule has 0 unspecified atom stereocenters. The first-order valence-corrected chi connectivity index (χ1v) is 8.72. The number of amides is 2. The van der Waals surface area contributed by atoms with Gasteiger partial charge in [-0.2, -0.15) is 13.2 Å². The second-order valence-corrected chi connectivity index (χ2v) is 6.80. The molecule has 0 fully saturated rings. The lowest BCUT2D eigenvalue weighted by atomic mass is 10.1. The first kappa shape index (κ1) is 20.1. The van der Waals surface area contributed by atoms with Gasteiger partial charge < -0.3 is 15.6 Å². The third kappa shape index (κ3) is 4.61. The summed E-state index contributed by atoms with van der Waals surface area (Å²) in [5.74, 6) is -1.26. The van der Waals surface area contributed by atoms with Gasteiger partial charge in [-0.15, -0.1) is 0 Å². The van der Waals surface area contributed by atoms with Crippen LogP contribution in [0.5, 0.6) is 0 Å². The van der Waals surface area contributed by atoms with Crippen molar-refractivity contribution in [3.8, 4) is 0 Å². The monoisotopic (exact) mass is 418 g/mol. The quantitative estimate of drug-likeness (QED) is 0.514. The molecule has 0 aliphatic heterocycles. The zero-order valence-electron chi connectivity index (χ0n) is 14.3. The maximum Gasteiger partial charge on any atom is 0.417 e. The van der Waals surface area contributed by atoms with Crippen LogP contribution in [0.25, 0.3) is 0 Å². The van der Waals surface area contributed by atoms with Crippen LogP contribution in [0.15, 0.2) is 23.1 Å². The van der Waals surface area contributed by atoms with Gasteiger partial charge >= 0.3 is 17.9 Å². The molecule has 28 heavy (non-hydrogen) atoms. The Morgan fingerprint density at radius 3 is 2.79 bits per heavy atom. The van der Waals surface area contributed by atoms with E-state index in [1.54, 1.807) is 0 Å². The molecule has 150 valence electrons. The zero-order valence-corrected chi connectivity index (χ0v) is 15.0. The van der Waals surface area contributed by atoms with Gasteiger partial charge in [0.25, 0.3) is 0 Å². The van der Waals surface area contributed by atoms with Crippen LogP contribution < -0.4 is 16.3 Å². The van der Waals surface area contributed by atoms with Crippen LogP contribution in [0.4, 0.5) is 28.0 Å². The molecule has 1 aromatic heterocycles. The SMILES string of the molecule is O=C(Nc1cc(Cl)c(C(F)(F)F)cc1F)N[C@@H]1CCCc2cnc(=O)[nH]c2C1. The number of anilines is 1. The summed E-state index contributed by atoms with van der Waals surface area (Å²) >= 11 is 5.56. The predicted octanol–water partition coefficient (Wildman–Crippen LogP) is 3.65. The van der Waals surface area contributed by atoms with Crippen molar-refractivity contribution in [1.82, 2.24) is 15.3 Å². The molecule has 1 heterocycles. The lowest BCUT2D eigenvalue weighted by Gasteiger charge is -2.18. The van der Waals surface area contributed by atoms with E-state index in [9.17, 15) is 27.2 Å². The molecule has 0 radical (unpaired) electrons. The number of rotatable bonds is 2. The van der Waals surface area contributed by atoms with Crippen LogP contribution in [0.2, 0.25) is 5.02 Å². The van der Waals surface area contributed by atoms with Gasteiger partial charge in [0.1, 0.15) is 5.82 Å². The largest absolute Gasteiger partial charge is 0.417 e. The predicted molar refractivity (Wildman–Crippen MR) is 93.9 cm³/mol. The second kappa shape index (κ2) is 7.78. The molecule has 1 atom stereocenters. The Hall–Kier alpha value is -2.62. The van der Waals surface area contributed by atoms with E-state index < -0.39 is 40.0 Å². The molecule has 1 aliphatic carbocycles. The number of carbonyl (C=O) groups is 1. The molecule has 3 N–H and O–H groups in total. The van der Waals surface area contributed by atoms with Crippen molar-refractivity contribution in [2.45, 2.75) is 37.9 Å². The lowest BCUT2D eigenvalue weighted by Crippen LogP contribution is -2.39. The maximum atomic E-state index is 14.0. The fourth-order valence-corrected chi connectivity index (χ4v) is 3.34. The van der Waals surface area contributed by atoms with E-state index in [0.717, 1.165) is 12.0 Å². The zero-order chi connectivity index (χ0) is 20.5. The van der Waals surface area contributed by atoms with Crippen molar-refractivity contribution in [3.05, 3.63) is 56.5 Å². The Kier molecular flexibility index (Phi) is 5.59. The molecule has 0 saturated carbocycles. The number of benzene rings is 1. The average molecular weight is 419 g/mol. The molecule has 1 aliphatic rings. The molecule has 6 nitrogen and oxygen atoms in total. The van der Waals surface area contributed by atoms with Gasteiger partial charge in [-0.1, -0.05) is 11.6 Å². The number of H-pyrrole nitrogens is 1. The van der Waals surface area contributed by atoms with E-state index in [4.69, 9.17) is 11.6 Å². The molecule has 1 aromatic carbocycles. The van der Waals surface area contributed by atoms with E-state index in [1.165, 1.54) is 6.20 Å². The summed E-state index contributed by atoms with van der Waals surface area (Å²) in [6, 6.07) is -0.200. The smallest absolute Gasteiger partial charge is 0.335 e. The number of carbonyl (C=O) groups excluding carboxylic acids is 1. The highest BCUT2D eigenvalue weighted by Gasteiger charge is 2.34. The van der Waals surface area contributed by atoms with Crippen LogP contribution >= 0.6 is 11.6 Å². The van der Waals surface area contributed by atoms with Gasteiger partial charge in [0, 0.05) is 24.4 Å². The first-order chi connectivity index (χ1) is 13.1. The summed E-state index contributed by atoms with van der Waals surface area (Å²) < 4.78 is 52.2. The van der Waals surface area contributed by atoms with Gasteiger partial charge in [0.2, 0.25) is 0 Å². The fourth-order valence-electron chi connectivity index (χ4n) is 3.07. The lowest BCUT2D eigenvalue weighted by molar-refractivity contribution is -0.137. The highest BCUT2D eigenvalue weighted by Crippen LogP contribution is 2.37. The van der Waals surface area contributed by atoms with E-state index >= 15 is 0 Å². The standard InChI is InChI=1S/C17H15ClF4N4O2/c18-11-6-14(12(19)5-10(11)17(20,21)22)26-16(28)24-9-3-1-2-8-7-23-15(27)25-13(8)4-9/h5-7,9H,1-4H2,(H,23,25,27)(H2,24,26,28)/t9-/m1/s1. The van der Waals surface area contributed by atoms with Crippen LogP contribution in [0.1, 0.15) is 29.7 Å². The summed E-state index contributed by atoms with van der Waals surface area (Å²) in [6.07, 6.45) is -0.959. The van der Waals surface area contributed by atoms with Crippen LogP contribution in [0, 0.1) is 5.82 Å². The van der Waals surface area contributed by atoms with Crippen LogP contribution in [-0.2, 0) is 19.0 Å². The Balaban J connectivity index is 1.71. The highest BCUT2D eigenvalue weighted by molar-refractivity contribution is 6.31. The normalized spacial score (nSPS) is 16.8. The van der Waals surface area contributed by atoms with E-state index in [0.29, 0.717) is 31.0 Å².